The summed E-state index contributed by atoms with van der Waals surface area (Å²) in [6.45, 7) is 0.907. The summed E-state index contributed by atoms with van der Waals surface area (Å²) in [5, 5.41) is 0.169. The van der Waals surface area contributed by atoms with E-state index < -0.39 is 0 Å². The van der Waals surface area contributed by atoms with Gasteiger partial charge in [-0.3, -0.25) is 0 Å². The van der Waals surface area contributed by atoms with E-state index >= 15 is 0 Å². The molecule has 0 spiro atoms. The van der Waals surface area contributed by atoms with E-state index in [1.54, 1.807) is 13.2 Å². The second kappa shape index (κ2) is 6.21. The van der Waals surface area contributed by atoms with Gasteiger partial charge in [-0.05, 0) is 36.1 Å². The molecule has 1 saturated carbocycles. The van der Waals surface area contributed by atoms with Crippen LogP contribution in [0.2, 0.25) is 5.02 Å². The summed E-state index contributed by atoms with van der Waals surface area (Å²) in [5.74, 6) is -0.311. The number of methoxy groups -OCH3 is 1. The fourth-order valence-electron chi connectivity index (χ4n) is 3.09. The molecule has 1 fully saturated rings. The van der Waals surface area contributed by atoms with Crippen LogP contribution in [0.3, 0.4) is 0 Å². The molecule has 1 aromatic rings. The van der Waals surface area contributed by atoms with Crippen molar-refractivity contribution in [3.63, 3.8) is 0 Å². The summed E-state index contributed by atoms with van der Waals surface area (Å²) >= 11 is 6.02. The number of nitrogens with two attached hydrogens (primary N) is 1. The minimum absolute atomic E-state index is 0.169. The largest absolute Gasteiger partial charge is 0.380 e. The zero-order valence-corrected chi connectivity index (χ0v) is 12.1. The highest BCUT2D eigenvalue weighted by molar-refractivity contribution is 6.30. The normalized spacial score (nSPS) is 18.5. The third kappa shape index (κ3) is 2.93. The number of hydrogen-bond donors (Lipinski definition) is 1. The van der Waals surface area contributed by atoms with Crippen molar-refractivity contribution in [3.8, 4) is 0 Å². The molecule has 2 nitrogen and oxygen atoms in total. The van der Waals surface area contributed by atoms with Crippen LogP contribution in [0.4, 0.5) is 4.39 Å². The van der Waals surface area contributed by atoms with Gasteiger partial charge in [0.15, 0.2) is 0 Å². The van der Waals surface area contributed by atoms with Crippen molar-refractivity contribution in [1.29, 1.82) is 0 Å². The van der Waals surface area contributed by atoms with Crippen LogP contribution < -0.4 is 5.73 Å². The van der Waals surface area contributed by atoms with Gasteiger partial charge in [0.1, 0.15) is 5.82 Å². The monoisotopic (exact) mass is 285 g/mol. The van der Waals surface area contributed by atoms with Crippen LogP contribution >= 0.6 is 11.6 Å². The molecular weight excluding hydrogens is 265 g/mol. The van der Waals surface area contributed by atoms with Gasteiger partial charge in [0, 0.05) is 19.1 Å². The molecule has 1 aliphatic carbocycles. The molecule has 0 aromatic heterocycles. The van der Waals surface area contributed by atoms with Crippen LogP contribution in [0, 0.1) is 5.82 Å². The third-order valence-corrected chi connectivity index (χ3v) is 4.45. The third-order valence-electron chi connectivity index (χ3n) is 4.17. The van der Waals surface area contributed by atoms with E-state index in [4.69, 9.17) is 22.1 Å². The Morgan fingerprint density at radius 1 is 1.32 bits per heavy atom. The van der Waals surface area contributed by atoms with Crippen molar-refractivity contribution in [3.05, 3.63) is 34.1 Å². The molecule has 0 radical (unpaired) electrons. The zero-order valence-electron chi connectivity index (χ0n) is 11.3. The molecule has 0 bridgehead atoms. The Balaban J connectivity index is 2.46. The van der Waals surface area contributed by atoms with E-state index in [0.29, 0.717) is 18.7 Å². The lowest BCUT2D eigenvalue weighted by Crippen LogP contribution is -2.38. The van der Waals surface area contributed by atoms with Gasteiger partial charge in [-0.1, -0.05) is 30.9 Å². The van der Waals surface area contributed by atoms with Gasteiger partial charge in [0.25, 0.3) is 0 Å². The predicted molar refractivity (Wildman–Crippen MR) is 75.9 cm³/mol. The van der Waals surface area contributed by atoms with Crippen LogP contribution in [0.5, 0.6) is 0 Å². The van der Waals surface area contributed by atoms with Gasteiger partial charge in [0.05, 0.1) is 11.6 Å². The molecule has 0 atom stereocenters. The maximum absolute atomic E-state index is 14.4. The first kappa shape index (κ1) is 14.8. The summed E-state index contributed by atoms with van der Waals surface area (Å²) in [4.78, 5) is 0. The maximum atomic E-state index is 14.4. The molecule has 1 aromatic carbocycles. The first-order valence-electron chi connectivity index (χ1n) is 6.80. The Bertz CT molecular complexity index is 444. The van der Waals surface area contributed by atoms with E-state index in [1.165, 1.54) is 6.42 Å². The van der Waals surface area contributed by atoms with Gasteiger partial charge in [-0.2, -0.15) is 0 Å². The summed E-state index contributed by atoms with van der Waals surface area (Å²) in [5.41, 5.74) is 7.30. The van der Waals surface area contributed by atoms with Gasteiger partial charge in [0.2, 0.25) is 0 Å². The Morgan fingerprint density at radius 3 is 2.58 bits per heavy atom. The molecule has 4 heteroatoms. The summed E-state index contributed by atoms with van der Waals surface area (Å²) in [6, 6.07) is 3.51. The second-order valence-corrected chi connectivity index (χ2v) is 5.82. The lowest BCUT2D eigenvalue weighted by molar-refractivity contribution is 0.184. The first-order chi connectivity index (χ1) is 9.13. The Labute approximate surface area is 119 Å². The lowest BCUT2D eigenvalue weighted by Gasteiger charge is -2.37. The molecule has 0 unspecified atom stereocenters. The van der Waals surface area contributed by atoms with E-state index in [1.807, 2.05) is 6.07 Å². The Hall–Kier alpha value is -0.640. The molecule has 0 aliphatic heterocycles. The quantitative estimate of drug-likeness (QED) is 0.913. The van der Waals surface area contributed by atoms with Gasteiger partial charge < -0.3 is 10.5 Å². The molecule has 2 rings (SSSR count). The van der Waals surface area contributed by atoms with Crippen LogP contribution in [-0.4, -0.2) is 13.7 Å². The number of benzene rings is 1. The fourth-order valence-corrected chi connectivity index (χ4v) is 3.34. The minimum atomic E-state index is -0.311. The van der Waals surface area contributed by atoms with E-state index in [-0.39, 0.29) is 16.3 Å². The van der Waals surface area contributed by atoms with E-state index in [2.05, 4.69) is 0 Å². The molecule has 0 saturated heterocycles. The van der Waals surface area contributed by atoms with Crippen molar-refractivity contribution in [2.75, 3.05) is 13.7 Å². The second-order valence-electron chi connectivity index (χ2n) is 5.42. The highest BCUT2D eigenvalue weighted by Crippen LogP contribution is 2.41. The van der Waals surface area contributed by atoms with Crippen molar-refractivity contribution < 1.29 is 9.13 Å². The highest BCUT2D eigenvalue weighted by Gasteiger charge is 2.35. The number of halogens is 2. The highest BCUT2D eigenvalue weighted by atomic mass is 35.5. The average molecular weight is 286 g/mol. The fraction of sp³-hybridized carbons (Fsp3) is 0.600. The lowest BCUT2D eigenvalue weighted by atomic mass is 9.69. The Kier molecular flexibility index (Phi) is 4.82. The summed E-state index contributed by atoms with van der Waals surface area (Å²) in [7, 11) is 1.62. The SMILES string of the molecule is COCc1cc(Cl)c(F)c(C2(CN)CCCCC2)c1. The molecule has 1 aliphatic rings. The molecule has 19 heavy (non-hydrogen) atoms. The molecular formula is C15H21ClFNO. The maximum Gasteiger partial charge on any atom is 0.145 e. The van der Waals surface area contributed by atoms with Gasteiger partial charge in [-0.15, -0.1) is 0 Å². The number of ether oxygens (including phenoxy) is 1. The molecule has 2 N–H and O–H groups in total. The summed E-state index contributed by atoms with van der Waals surface area (Å²) < 4.78 is 19.5. The van der Waals surface area contributed by atoms with Crippen LogP contribution in [0.25, 0.3) is 0 Å². The van der Waals surface area contributed by atoms with Crippen molar-refractivity contribution >= 4 is 11.6 Å². The zero-order chi connectivity index (χ0) is 13.9. The smallest absolute Gasteiger partial charge is 0.145 e. The van der Waals surface area contributed by atoms with Crippen LogP contribution in [-0.2, 0) is 16.8 Å². The van der Waals surface area contributed by atoms with E-state index in [0.717, 1.165) is 31.2 Å². The minimum Gasteiger partial charge on any atom is -0.380 e. The van der Waals surface area contributed by atoms with Crippen molar-refractivity contribution in [2.45, 2.75) is 44.1 Å². The van der Waals surface area contributed by atoms with Crippen LogP contribution in [0.1, 0.15) is 43.2 Å². The average Bonchev–Trinajstić information content (AvgIpc) is 2.43. The van der Waals surface area contributed by atoms with Crippen LogP contribution in [0.15, 0.2) is 12.1 Å². The van der Waals surface area contributed by atoms with Gasteiger partial charge >= 0.3 is 0 Å². The van der Waals surface area contributed by atoms with Gasteiger partial charge in [-0.25, -0.2) is 4.39 Å². The number of hydrogen-bond acceptors (Lipinski definition) is 2. The Morgan fingerprint density at radius 2 is 2.00 bits per heavy atom. The van der Waals surface area contributed by atoms with E-state index in [9.17, 15) is 4.39 Å². The number of rotatable bonds is 4. The molecule has 106 valence electrons. The predicted octanol–water partition coefficient (Wildman–Crippen LogP) is 3.79. The summed E-state index contributed by atoms with van der Waals surface area (Å²) in [6.07, 6.45) is 5.28. The first-order valence-corrected chi connectivity index (χ1v) is 7.18. The topological polar surface area (TPSA) is 35.2 Å². The molecule has 0 amide bonds. The van der Waals surface area contributed by atoms with Crippen molar-refractivity contribution in [1.82, 2.24) is 0 Å². The standard InChI is InChI=1S/C15H21ClFNO/c1-19-9-11-7-12(14(17)13(16)8-11)15(10-18)5-3-2-4-6-15/h7-8H,2-6,9-10,18H2,1H3. The van der Waals surface area contributed by atoms with Crippen molar-refractivity contribution in [2.24, 2.45) is 5.73 Å². The molecule has 0 heterocycles.